The van der Waals surface area contributed by atoms with Crippen LogP contribution in [0.1, 0.15) is 46.6 Å². The van der Waals surface area contributed by atoms with Crippen LogP contribution in [0.3, 0.4) is 0 Å². The number of anilines is 1. The molecule has 2 amide bonds. The van der Waals surface area contributed by atoms with Crippen molar-refractivity contribution in [2.24, 2.45) is 0 Å². The van der Waals surface area contributed by atoms with E-state index in [1.165, 1.54) is 35.5 Å². The largest absolute Gasteiger partial charge is 0.342 e. The third-order valence-electron chi connectivity index (χ3n) is 5.13. The van der Waals surface area contributed by atoms with Gasteiger partial charge in [0.25, 0.3) is 5.91 Å². The van der Waals surface area contributed by atoms with Crippen molar-refractivity contribution in [3.8, 4) is 0 Å². The van der Waals surface area contributed by atoms with Crippen molar-refractivity contribution in [2.45, 2.75) is 38.6 Å². The Kier molecular flexibility index (Phi) is 5.85. The van der Waals surface area contributed by atoms with E-state index in [9.17, 15) is 9.59 Å². The summed E-state index contributed by atoms with van der Waals surface area (Å²) in [5.74, 6) is 0.131. The van der Waals surface area contributed by atoms with E-state index in [-0.39, 0.29) is 11.8 Å². The minimum Gasteiger partial charge on any atom is -0.342 e. The molecule has 0 radical (unpaired) electrons. The van der Waals surface area contributed by atoms with Crippen LogP contribution in [0.15, 0.2) is 16.8 Å². The number of hydrogen-bond acceptors (Lipinski definition) is 6. The van der Waals surface area contributed by atoms with Gasteiger partial charge in [0, 0.05) is 42.9 Å². The highest BCUT2D eigenvalue weighted by molar-refractivity contribution is 7.16. The number of amides is 2. The van der Waals surface area contributed by atoms with Crippen LogP contribution in [-0.4, -0.2) is 52.8 Å². The summed E-state index contributed by atoms with van der Waals surface area (Å²) in [6, 6.07) is 1.81. The number of aromatic nitrogens is 1. The summed E-state index contributed by atoms with van der Waals surface area (Å²) in [4.78, 5) is 34.8. The van der Waals surface area contributed by atoms with E-state index in [0.29, 0.717) is 17.2 Å². The Balaban J connectivity index is 1.35. The second-order valence-electron chi connectivity index (χ2n) is 7.11. The Morgan fingerprint density at radius 3 is 2.70 bits per heavy atom. The summed E-state index contributed by atoms with van der Waals surface area (Å²) < 4.78 is 0. The lowest BCUT2D eigenvalue weighted by molar-refractivity contribution is -0.132. The molecular formula is C19H24N4O2S2. The second-order valence-corrected chi connectivity index (χ2v) is 8.97. The predicted molar refractivity (Wildman–Crippen MR) is 108 cm³/mol. The molecule has 2 aliphatic heterocycles. The van der Waals surface area contributed by atoms with Crippen LogP contribution in [0.2, 0.25) is 0 Å². The topological polar surface area (TPSA) is 65.5 Å². The van der Waals surface area contributed by atoms with E-state index in [2.05, 4.69) is 15.2 Å². The predicted octanol–water partition coefficient (Wildman–Crippen LogP) is 3.22. The van der Waals surface area contributed by atoms with E-state index in [0.717, 1.165) is 56.0 Å². The van der Waals surface area contributed by atoms with E-state index >= 15 is 0 Å². The maximum absolute atomic E-state index is 12.6. The maximum atomic E-state index is 12.6. The third kappa shape index (κ3) is 4.56. The molecule has 0 spiro atoms. The number of nitrogens with zero attached hydrogens (tertiary/aromatic N) is 3. The number of fused-ring (bicyclic) bond motifs is 1. The number of likely N-dealkylation sites (tertiary alicyclic amines) is 1. The maximum Gasteiger partial charge on any atom is 0.258 e. The molecule has 27 heavy (non-hydrogen) atoms. The summed E-state index contributed by atoms with van der Waals surface area (Å²) in [5.41, 5.74) is 1.72. The van der Waals surface area contributed by atoms with Gasteiger partial charge in [-0.05, 0) is 24.3 Å². The SMILES string of the molecule is O=C(Nc1nc2c(s1)CN(CC(=O)N1CCCCCC1)CC2)c1ccsc1. The lowest BCUT2D eigenvalue weighted by atomic mass is 10.2. The molecule has 1 N–H and O–H groups in total. The molecule has 0 atom stereocenters. The fraction of sp³-hybridized carbons (Fsp3) is 0.526. The normalized spacial score (nSPS) is 18.0. The molecule has 2 aliphatic rings. The highest BCUT2D eigenvalue weighted by atomic mass is 32.1. The summed E-state index contributed by atoms with van der Waals surface area (Å²) in [6.45, 7) is 3.86. The first-order valence-corrected chi connectivity index (χ1v) is 11.3. The van der Waals surface area contributed by atoms with Gasteiger partial charge in [-0.15, -0.1) is 11.3 Å². The van der Waals surface area contributed by atoms with Crippen molar-refractivity contribution in [1.29, 1.82) is 0 Å². The van der Waals surface area contributed by atoms with Crippen molar-refractivity contribution in [3.63, 3.8) is 0 Å². The van der Waals surface area contributed by atoms with Crippen molar-refractivity contribution >= 4 is 39.6 Å². The van der Waals surface area contributed by atoms with E-state index in [4.69, 9.17) is 0 Å². The number of nitrogens with one attached hydrogen (secondary N) is 1. The molecule has 8 heteroatoms. The number of thiophene rings is 1. The molecule has 0 unspecified atom stereocenters. The van der Waals surface area contributed by atoms with Crippen LogP contribution >= 0.6 is 22.7 Å². The monoisotopic (exact) mass is 404 g/mol. The summed E-state index contributed by atoms with van der Waals surface area (Å²) in [7, 11) is 0. The van der Waals surface area contributed by atoms with Gasteiger partial charge in [0.15, 0.2) is 5.13 Å². The molecule has 2 aromatic rings. The van der Waals surface area contributed by atoms with Gasteiger partial charge in [-0.3, -0.25) is 19.8 Å². The van der Waals surface area contributed by atoms with Crippen LogP contribution in [0.5, 0.6) is 0 Å². The van der Waals surface area contributed by atoms with Gasteiger partial charge in [0.1, 0.15) is 0 Å². The molecule has 2 aromatic heterocycles. The molecule has 0 bridgehead atoms. The van der Waals surface area contributed by atoms with Gasteiger partial charge in [-0.2, -0.15) is 11.3 Å². The Morgan fingerprint density at radius 1 is 1.15 bits per heavy atom. The molecule has 1 saturated heterocycles. The summed E-state index contributed by atoms with van der Waals surface area (Å²) in [6.07, 6.45) is 5.54. The zero-order valence-electron chi connectivity index (χ0n) is 15.3. The number of carbonyl (C=O) groups is 2. The minimum absolute atomic E-state index is 0.115. The molecule has 1 fully saturated rings. The third-order valence-corrected chi connectivity index (χ3v) is 6.81. The smallest absolute Gasteiger partial charge is 0.258 e. The minimum atomic E-state index is -0.115. The van der Waals surface area contributed by atoms with E-state index in [1.807, 2.05) is 21.7 Å². The first kappa shape index (κ1) is 18.6. The summed E-state index contributed by atoms with van der Waals surface area (Å²) in [5, 5.41) is 7.27. The van der Waals surface area contributed by atoms with Crippen molar-refractivity contribution in [2.75, 3.05) is 31.5 Å². The van der Waals surface area contributed by atoms with Gasteiger partial charge in [0.05, 0.1) is 17.8 Å². The van der Waals surface area contributed by atoms with Crippen LogP contribution < -0.4 is 5.32 Å². The number of thiazole rings is 1. The second kappa shape index (κ2) is 8.50. The number of hydrogen-bond donors (Lipinski definition) is 1. The molecule has 0 aliphatic carbocycles. The van der Waals surface area contributed by atoms with Gasteiger partial charge in [-0.1, -0.05) is 12.8 Å². The first-order chi connectivity index (χ1) is 13.2. The van der Waals surface area contributed by atoms with Gasteiger partial charge >= 0.3 is 0 Å². The van der Waals surface area contributed by atoms with Gasteiger partial charge in [0.2, 0.25) is 5.91 Å². The fourth-order valence-corrected chi connectivity index (χ4v) is 5.29. The van der Waals surface area contributed by atoms with Crippen LogP contribution in [0, 0.1) is 0 Å². The van der Waals surface area contributed by atoms with E-state index in [1.54, 1.807) is 0 Å². The van der Waals surface area contributed by atoms with Crippen LogP contribution in [0.4, 0.5) is 5.13 Å². The molecule has 6 nitrogen and oxygen atoms in total. The molecule has 0 saturated carbocycles. The average molecular weight is 405 g/mol. The Hall–Kier alpha value is -1.77. The van der Waals surface area contributed by atoms with Crippen molar-refractivity contribution in [3.05, 3.63) is 33.0 Å². The zero-order valence-corrected chi connectivity index (χ0v) is 16.9. The quantitative estimate of drug-likeness (QED) is 0.850. The zero-order chi connectivity index (χ0) is 18.6. The molecule has 4 heterocycles. The molecule has 144 valence electrons. The number of rotatable bonds is 4. The highest BCUT2D eigenvalue weighted by Crippen LogP contribution is 2.28. The Morgan fingerprint density at radius 2 is 1.96 bits per heavy atom. The molecular weight excluding hydrogens is 380 g/mol. The van der Waals surface area contributed by atoms with E-state index < -0.39 is 0 Å². The standard InChI is InChI=1S/C19H24N4O2S2/c24-17(23-7-3-1-2-4-8-23)12-22-9-5-15-16(11-22)27-19(20-15)21-18(25)14-6-10-26-13-14/h6,10,13H,1-5,7-9,11-12H2,(H,20,21,25). The van der Waals surface area contributed by atoms with Gasteiger partial charge < -0.3 is 4.90 Å². The molecule has 0 aromatic carbocycles. The summed E-state index contributed by atoms with van der Waals surface area (Å²) >= 11 is 3.03. The number of carbonyl (C=O) groups excluding carboxylic acids is 2. The fourth-order valence-electron chi connectivity index (χ4n) is 3.61. The molecule has 4 rings (SSSR count). The van der Waals surface area contributed by atoms with Crippen molar-refractivity contribution < 1.29 is 9.59 Å². The van der Waals surface area contributed by atoms with Crippen LogP contribution in [0.25, 0.3) is 0 Å². The highest BCUT2D eigenvalue weighted by Gasteiger charge is 2.25. The Bertz CT molecular complexity index is 795. The first-order valence-electron chi connectivity index (χ1n) is 9.51. The van der Waals surface area contributed by atoms with Crippen molar-refractivity contribution in [1.82, 2.24) is 14.8 Å². The average Bonchev–Trinajstić information content (AvgIpc) is 3.24. The van der Waals surface area contributed by atoms with Gasteiger partial charge in [-0.25, -0.2) is 4.98 Å². The van der Waals surface area contributed by atoms with Crippen LogP contribution in [-0.2, 0) is 17.8 Å². The lowest BCUT2D eigenvalue weighted by Gasteiger charge is -2.28. The Labute approximate surface area is 167 Å². The lowest BCUT2D eigenvalue weighted by Crippen LogP contribution is -2.42.